The molecule has 1 aliphatic heterocycles. The number of carbonyl (C=O) groups excluding carboxylic acids is 1. The van der Waals surface area contributed by atoms with Crippen molar-refractivity contribution in [2.45, 2.75) is 32.8 Å². The average Bonchev–Trinajstić information content (AvgIpc) is 2.70. The summed E-state index contributed by atoms with van der Waals surface area (Å²) in [5, 5.41) is 11.3. The van der Waals surface area contributed by atoms with Gasteiger partial charge in [0.2, 0.25) is 0 Å². The van der Waals surface area contributed by atoms with Crippen LogP contribution in [0, 0.1) is 19.8 Å². The van der Waals surface area contributed by atoms with Crippen molar-refractivity contribution in [2.75, 3.05) is 19.7 Å². The van der Waals surface area contributed by atoms with Crippen molar-refractivity contribution in [3.05, 3.63) is 64.2 Å². The fourth-order valence-electron chi connectivity index (χ4n) is 3.61. The Morgan fingerprint density at radius 1 is 1.19 bits per heavy atom. The Morgan fingerprint density at radius 2 is 1.78 bits per heavy atom. The second kappa shape index (κ2) is 8.77. The molecule has 2 aromatic carbocycles. The summed E-state index contributed by atoms with van der Waals surface area (Å²) in [7, 11) is 0. The number of amides is 1. The van der Waals surface area contributed by atoms with E-state index in [0.29, 0.717) is 18.8 Å². The summed E-state index contributed by atoms with van der Waals surface area (Å²) in [5.41, 5.74) is 2.82. The average molecular weight is 388 g/mol. The van der Waals surface area contributed by atoms with Gasteiger partial charge in [0.15, 0.2) is 6.61 Å². The molecule has 1 fully saturated rings. The van der Waals surface area contributed by atoms with Crippen LogP contribution >= 0.6 is 11.6 Å². The van der Waals surface area contributed by atoms with Crippen LogP contribution in [0.2, 0.25) is 5.02 Å². The molecule has 1 heterocycles. The first-order valence-corrected chi connectivity index (χ1v) is 9.74. The van der Waals surface area contributed by atoms with Gasteiger partial charge in [-0.3, -0.25) is 4.79 Å². The van der Waals surface area contributed by atoms with Crippen LogP contribution in [-0.2, 0) is 4.79 Å². The van der Waals surface area contributed by atoms with Crippen molar-refractivity contribution in [1.82, 2.24) is 4.90 Å². The quantitative estimate of drug-likeness (QED) is 0.831. The maximum Gasteiger partial charge on any atom is 0.260 e. The largest absolute Gasteiger partial charge is 0.484 e. The number of ether oxygens (including phenoxy) is 1. The van der Waals surface area contributed by atoms with Crippen LogP contribution in [0.1, 0.15) is 35.6 Å². The van der Waals surface area contributed by atoms with Gasteiger partial charge in [-0.25, -0.2) is 0 Å². The molecule has 1 N–H and O–H groups in total. The molecular formula is C22H26ClNO3. The van der Waals surface area contributed by atoms with Crippen LogP contribution in [0.4, 0.5) is 0 Å². The number of aliphatic hydroxyl groups is 1. The summed E-state index contributed by atoms with van der Waals surface area (Å²) >= 11 is 6.17. The summed E-state index contributed by atoms with van der Waals surface area (Å²) in [5.74, 6) is 0.823. The van der Waals surface area contributed by atoms with E-state index in [2.05, 4.69) is 0 Å². The molecule has 27 heavy (non-hydrogen) atoms. The highest BCUT2D eigenvalue weighted by Gasteiger charge is 2.28. The maximum atomic E-state index is 12.5. The summed E-state index contributed by atoms with van der Waals surface area (Å²) in [6.07, 6.45) is 1.11. The molecule has 2 aromatic rings. The van der Waals surface area contributed by atoms with E-state index in [9.17, 15) is 9.90 Å². The van der Waals surface area contributed by atoms with Gasteiger partial charge in [0.1, 0.15) is 5.75 Å². The molecule has 0 aliphatic carbocycles. The second-order valence-corrected chi connectivity index (χ2v) is 7.61. The number of rotatable bonds is 5. The Hall–Kier alpha value is -2.04. The molecule has 0 radical (unpaired) electrons. The number of nitrogens with zero attached hydrogens (tertiary/aromatic N) is 1. The fraction of sp³-hybridized carbons (Fsp3) is 0.409. The first-order valence-electron chi connectivity index (χ1n) is 9.36. The van der Waals surface area contributed by atoms with E-state index >= 15 is 0 Å². The minimum Gasteiger partial charge on any atom is -0.484 e. The van der Waals surface area contributed by atoms with Gasteiger partial charge in [-0.05, 0) is 61.4 Å². The molecule has 0 spiro atoms. The Balaban J connectivity index is 1.50. The molecular weight excluding hydrogens is 362 g/mol. The van der Waals surface area contributed by atoms with Gasteiger partial charge < -0.3 is 14.7 Å². The van der Waals surface area contributed by atoms with E-state index in [4.69, 9.17) is 16.3 Å². The number of hydrogen-bond donors (Lipinski definition) is 1. The molecule has 5 heteroatoms. The molecule has 1 aliphatic rings. The molecule has 0 bridgehead atoms. The minimum absolute atomic E-state index is 0.0203. The molecule has 144 valence electrons. The molecule has 0 saturated carbocycles. The lowest BCUT2D eigenvalue weighted by molar-refractivity contribution is -0.135. The number of benzene rings is 2. The molecule has 1 saturated heterocycles. The first kappa shape index (κ1) is 19.7. The smallest absolute Gasteiger partial charge is 0.260 e. The number of halogens is 1. The molecule has 1 amide bonds. The van der Waals surface area contributed by atoms with Gasteiger partial charge in [-0.15, -0.1) is 0 Å². The van der Waals surface area contributed by atoms with Crippen molar-refractivity contribution < 1.29 is 14.6 Å². The third-order valence-electron chi connectivity index (χ3n) is 5.25. The number of aliphatic hydroxyl groups excluding tert-OH is 1. The SMILES string of the molecule is Cc1cc(OCC(=O)N2CCC(C(O)c3ccccc3)CC2)cc(C)c1Cl. The highest BCUT2D eigenvalue weighted by atomic mass is 35.5. The van der Waals surface area contributed by atoms with E-state index in [1.165, 1.54) is 0 Å². The lowest BCUT2D eigenvalue weighted by Crippen LogP contribution is -2.42. The normalized spacial score (nSPS) is 16.2. The van der Waals surface area contributed by atoms with Gasteiger partial charge in [0.05, 0.1) is 6.10 Å². The number of carbonyl (C=O) groups is 1. The fourth-order valence-corrected chi connectivity index (χ4v) is 3.72. The minimum atomic E-state index is -0.472. The summed E-state index contributed by atoms with van der Waals surface area (Å²) < 4.78 is 5.68. The summed E-state index contributed by atoms with van der Waals surface area (Å²) in [6, 6.07) is 13.4. The number of likely N-dealkylation sites (tertiary alicyclic amines) is 1. The molecule has 0 aromatic heterocycles. The van der Waals surface area contributed by atoms with Crippen LogP contribution in [0.5, 0.6) is 5.75 Å². The van der Waals surface area contributed by atoms with E-state index in [0.717, 1.165) is 34.6 Å². The standard InChI is InChI=1S/C22H26ClNO3/c1-15-12-19(13-16(2)21(15)23)27-14-20(25)24-10-8-18(9-11-24)22(26)17-6-4-3-5-7-17/h3-7,12-13,18,22,26H,8-11,14H2,1-2H3. The van der Waals surface area contributed by atoms with E-state index in [1.54, 1.807) is 0 Å². The molecule has 3 rings (SSSR count). The highest BCUT2D eigenvalue weighted by molar-refractivity contribution is 6.32. The highest BCUT2D eigenvalue weighted by Crippen LogP contribution is 2.31. The van der Waals surface area contributed by atoms with E-state index < -0.39 is 6.10 Å². The molecule has 1 atom stereocenters. The van der Waals surface area contributed by atoms with Crippen molar-refractivity contribution in [3.8, 4) is 5.75 Å². The third kappa shape index (κ3) is 4.82. The monoisotopic (exact) mass is 387 g/mol. The van der Waals surface area contributed by atoms with Crippen molar-refractivity contribution in [1.29, 1.82) is 0 Å². The predicted octanol–water partition coefficient (Wildman–Crippen LogP) is 4.31. The van der Waals surface area contributed by atoms with E-state index in [1.807, 2.05) is 61.2 Å². The van der Waals surface area contributed by atoms with Crippen LogP contribution < -0.4 is 4.74 Å². The van der Waals surface area contributed by atoms with Crippen LogP contribution in [0.3, 0.4) is 0 Å². The Kier molecular flexibility index (Phi) is 6.40. The maximum absolute atomic E-state index is 12.5. The Bertz CT molecular complexity index is 762. The first-order chi connectivity index (χ1) is 13.0. The van der Waals surface area contributed by atoms with E-state index in [-0.39, 0.29) is 18.4 Å². The van der Waals surface area contributed by atoms with Crippen molar-refractivity contribution in [3.63, 3.8) is 0 Å². The van der Waals surface area contributed by atoms with Crippen molar-refractivity contribution in [2.24, 2.45) is 5.92 Å². The summed E-state index contributed by atoms with van der Waals surface area (Å²) in [4.78, 5) is 14.3. The van der Waals surface area contributed by atoms with Gasteiger partial charge in [-0.2, -0.15) is 0 Å². The zero-order chi connectivity index (χ0) is 19.4. The van der Waals surface area contributed by atoms with Gasteiger partial charge in [0, 0.05) is 18.1 Å². The van der Waals surface area contributed by atoms with Gasteiger partial charge >= 0.3 is 0 Å². The number of hydrogen-bond acceptors (Lipinski definition) is 3. The third-order valence-corrected chi connectivity index (χ3v) is 5.85. The summed E-state index contributed by atoms with van der Waals surface area (Å²) in [6.45, 7) is 5.16. The zero-order valence-electron chi connectivity index (χ0n) is 15.8. The molecule has 1 unspecified atom stereocenters. The molecule has 4 nitrogen and oxygen atoms in total. The lowest BCUT2D eigenvalue weighted by atomic mass is 9.87. The Morgan fingerprint density at radius 3 is 2.37 bits per heavy atom. The zero-order valence-corrected chi connectivity index (χ0v) is 16.6. The van der Waals surface area contributed by atoms with Crippen LogP contribution in [0.25, 0.3) is 0 Å². The topological polar surface area (TPSA) is 49.8 Å². The number of piperidine rings is 1. The van der Waals surface area contributed by atoms with Gasteiger partial charge in [0.25, 0.3) is 5.91 Å². The van der Waals surface area contributed by atoms with Crippen LogP contribution in [0.15, 0.2) is 42.5 Å². The van der Waals surface area contributed by atoms with Gasteiger partial charge in [-0.1, -0.05) is 41.9 Å². The number of aryl methyl sites for hydroxylation is 2. The predicted molar refractivity (Wildman–Crippen MR) is 107 cm³/mol. The Labute approximate surface area is 165 Å². The lowest BCUT2D eigenvalue weighted by Gasteiger charge is -2.34. The van der Waals surface area contributed by atoms with Crippen molar-refractivity contribution >= 4 is 17.5 Å². The second-order valence-electron chi connectivity index (χ2n) is 7.23. The van der Waals surface area contributed by atoms with Crippen LogP contribution in [-0.4, -0.2) is 35.6 Å².